The number of hydrogen-bond acceptors (Lipinski definition) is 4. The molecule has 0 aliphatic carbocycles. The van der Waals surface area contributed by atoms with Crippen molar-refractivity contribution in [2.45, 2.75) is 19.0 Å². The molecule has 1 atom stereocenters. The third-order valence-electron chi connectivity index (χ3n) is 3.61. The van der Waals surface area contributed by atoms with Crippen LogP contribution in [0, 0.1) is 0 Å². The van der Waals surface area contributed by atoms with Crippen molar-refractivity contribution in [3.05, 3.63) is 29.8 Å². The Kier molecular flexibility index (Phi) is 4.22. The lowest BCUT2D eigenvalue weighted by Crippen LogP contribution is -2.54. The maximum absolute atomic E-state index is 5.93. The second-order valence-corrected chi connectivity index (χ2v) is 5.01. The largest absolute Gasteiger partial charge is 0.492 e. The topological polar surface area (TPSA) is 47.7 Å². The predicted octanol–water partition coefficient (Wildman–Crippen LogP) is 1.24. The Morgan fingerprint density at radius 1 is 1.44 bits per heavy atom. The SMILES string of the molecule is COCC(C)(CN)N1CCOc2ccccc2C1. The Morgan fingerprint density at radius 3 is 2.94 bits per heavy atom. The average Bonchev–Trinajstić information content (AvgIpc) is 2.61. The van der Waals surface area contributed by atoms with E-state index in [4.69, 9.17) is 15.2 Å². The van der Waals surface area contributed by atoms with Crippen LogP contribution in [0.3, 0.4) is 0 Å². The van der Waals surface area contributed by atoms with Gasteiger partial charge in [0.2, 0.25) is 0 Å². The molecule has 1 aromatic rings. The summed E-state index contributed by atoms with van der Waals surface area (Å²) in [6.45, 7) is 5.76. The van der Waals surface area contributed by atoms with Crippen molar-refractivity contribution in [3.8, 4) is 5.75 Å². The molecule has 0 bridgehead atoms. The smallest absolute Gasteiger partial charge is 0.123 e. The molecule has 0 amide bonds. The molecule has 100 valence electrons. The van der Waals surface area contributed by atoms with Gasteiger partial charge in [-0.05, 0) is 13.0 Å². The summed E-state index contributed by atoms with van der Waals surface area (Å²) < 4.78 is 11.1. The average molecular weight is 250 g/mol. The molecule has 0 saturated heterocycles. The van der Waals surface area contributed by atoms with E-state index in [2.05, 4.69) is 17.9 Å². The Hall–Kier alpha value is -1.10. The number of methoxy groups -OCH3 is 1. The van der Waals surface area contributed by atoms with E-state index in [9.17, 15) is 0 Å². The molecule has 2 N–H and O–H groups in total. The molecular weight excluding hydrogens is 228 g/mol. The molecule has 4 nitrogen and oxygen atoms in total. The van der Waals surface area contributed by atoms with E-state index in [1.54, 1.807) is 7.11 Å². The van der Waals surface area contributed by atoms with Crippen molar-refractivity contribution in [2.24, 2.45) is 5.73 Å². The third-order valence-corrected chi connectivity index (χ3v) is 3.61. The van der Waals surface area contributed by atoms with Crippen LogP contribution in [0.5, 0.6) is 5.75 Å². The molecule has 18 heavy (non-hydrogen) atoms. The standard InChI is InChI=1S/C14H22N2O2/c1-14(10-15,11-17-2)16-7-8-18-13-6-4-3-5-12(13)9-16/h3-6H,7-11,15H2,1-2H3. The van der Waals surface area contributed by atoms with Gasteiger partial charge in [-0.15, -0.1) is 0 Å². The van der Waals surface area contributed by atoms with Gasteiger partial charge >= 0.3 is 0 Å². The van der Waals surface area contributed by atoms with Gasteiger partial charge in [0, 0.05) is 32.3 Å². The van der Waals surface area contributed by atoms with Gasteiger partial charge in [0.15, 0.2) is 0 Å². The lowest BCUT2D eigenvalue weighted by atomic mass is 10.00. The zero-order valence-corrected chi connectivity index (χ0v) is 11.2. The van der Waals surface area contributed by atoms with E-state index >= 15 is 0 Å². The van der Waals surface area contributed by atoms with E-state index in [1.165, 1.54) is 5.56 Å². The number of fused-ring (bicyclic) bond motifs is 1. The van der Waals surface area contributed by atoms with Crippen molar-refractivity contribution in [2.75, 3.05) is 33.4 Å². The van der Waals surface area contributed by atoms with E-state index in [0.29, 0.717) is 19.8 Å². The van der Waals surface area contributed by atoms with Gasteiger partial charge in [0.25, 0.3) is 0 Å². The summed E-state index contributed by atoms with van der Waals surface area (Å²) in [6, 6.07) is 8.18. The van der Waals surface area contributed by atoms with Gasteiger partial charge in [0.1, 0.15) is 12.4 Å². The molecule has 4 heteroatoms. The fourth-order valence-electron chi connectivity index (χ4n) is 2.38. The third kappa shape index (κ3) is 2.66. The molecule has 0 radical (unpaired) electrons. The monoisotopic (exact) mass is 250 g/mol. The van der Waals surface area contributed by atoms with E-state index < -0.39 is 0 Å². The Morgan fingerprint density at radius 2 is 2.22 bits per heavy atom. The highest BCUT2D eigenvalue weighted by Crippen LogP contribution is 2.26. The molecule has 0 spiro atoms. The lowest BCUT2D eigenvalue weighted by molar-refractivity contribution is 0.0191. The molecule has 1 aliphatic rings. The molecule has 0 aromatic heterocycles. The van der Waals surface area contributed by atoms with Crippen LogP contribution < -0.4 is 10.5 Å². The summed E-state index contributed by atoms with van der Waals surface area (Å²) in [4.78, 5) is 2.35. The molecule has 0 saturated carbocycles. The van der Waals surface area contributed by atoms with E-state index in [0.717, 1.165) is 18.8 Å². The summed E-state index contributed by atoms with van der Waals surface area (Å²) in [7, 11) is 1.72. The number of rotatable bonds is 4. The first kappa shape index (κ1) is 13.3. The van der Waals surface area contributed by atoms with Gasteiger partial charge in [-0.2, -0.15) is 0 Å². The number of benzene rings is 1. The minimum absolute atomic E-state index is 0.143. The van der Waals surface area contributed by atoms with Crippen LogP contribution in [0.15, 0.2) is 24.3 Å². The van der Waals surface area contributed by atoms with Crippen LogP contribution in [-0.4, -0.2) is 43.9 Å². The molecule has 1 aliphatic heterocycles. The number of ether oxygens (including phenoxy) is 2. The molecule has 1 aromatic carbocycles. The summed E-state index contributed by atoms with van der Waals surface area (Å²) in [6.07, 6.45) is 0. The number of nitrogens with two attached hydrogens (primary N) is 1. The maximum atomic E-state index is 5.93. The van der Waals surface area contributed by atoms with Gasteiger partial charge in [-0.1, -0.05) is 18.2 Å². The Balaban J connectivity index is 2.21. The van der Waals surface area contributed by atoms with Crippen molar-refractivity contribution < 1.29 is 9.47 Å². The van der Waals surface area contributed by atoms with Crippen LogP contribution in [0.4, 0.5) is 0 Å². The first-order valence-corrected chi connectivity index (χ1v) is 6.34. The number of hydrogen-bond donors (Lipinski definition) is 1. The zero-order chi connectivity index (χ0) is 13.0. The molecule has 0 fully saturated rings. The molecule has 1 unspecified atom stereocenters. The van der Waals surface area contributed by atoms with Crippen molar-refractivity contribution in [1.29, 1.82) is 0 Å². The Bertz CT molecular complexity index is 397. The summed E-state index contributed by atoms with van der Waals surface area (Å²) in [5.41, 5.74) is 7.00. The summed E-state index contributed by atoms with van der Waals surface area (Å²) >= 11 is 0. The molecule has 2 rings (SSSR count). The Labute approximate surface area is 109 Å². The molecular formula is C14H22N2O2. The van der Waals surface area contributed by atoms with Crippen LogP contribution in [-0.2, 0) is 11.3 Å². The van der Waals surface area contributed by atoms with Gasteiger partial charge in [-0.25, -0.2) is 0 Å². The second kappa shape index (κ2) is 5.69. The van der Waals surface area contributed by atoms with Crippen LogP contribution >= 0.6 is 0 Å². The van der Waals surface area contributed by atoms with Crippen LogP contribution in [0.25, 0.3) is 0 Å². The predicted molar refractivity (Wildman–Crippen MR) is 71.7 cm³/mol. The first-order chi connectivity index (χ1) is 8.69. The maximum Gasteiger partial charge on any atom is 0.123 e. The highest BCUT2D eigenvalue weighted by molar-refractivity contribution is 5.34. The lowest BCUT2D eigenvalue weighted by Gasteiger charge is -2.39. The zero-order valence-electron chi connectivity index (χ0n) is 11.2. The van der Waals surface area contributed by atoms with Crippen molar-refractivity contribution >= 4 is 0 Å². The number of nitrogens with zero attached hydrogens (tertiary/aromatic N) is 1. The minimum atomic E-state index is -0.143. The molecule has 1 heterocycles. The van der Waals surface area contributed by atoms with Gasteiger partial charge in [-0.3, -0.25) is 4.90 Å². The van der Waals surface area contributed by atoms with E-state index in [1.807, 2.05) is 18.2 Å². The fraction of sp³-hybridized carbons (Fsp3) is 0.571. The van der Waals surface area contributed by atoms with Gasteiger partial charge < -0.3 is 15.2 Å². The van der Waals surface area contributed by atoms with Crippen LogP contribution in [0.2, 0.25) is 0 Å². The fourth-order valence-corrected chi connectivity index (χ4v) is 2.38. The quantitative estimate of drug-likeness (QED) is 0.873. The minimum Gasteiger partial charge on any atom is -0.492 e. The van der Waals surface area contributed by atoms with E-state index in [-0.39, 0.29) is 5.54 Å². The first-order valence-electron chi connectivity index (χ1n) is 6.34. The van der Waals surface area contributed by atoms with Crippen LogP contribution in [0.1, 0.15) is 12.5 Å². The summed E-state index contributed by atoms with van der Waals surface area (Å²) in [5, 5.41) is 0. The van der Waals surface area contributed by atoms with Crippen molar-refractivity contribution in [1.82, 2.24) is 4.90 Å². The number of para-hydroxylation sites is 1. The second-order valence-electron chi connectivity index (χ2n) is 5.01. The highest BCUT2D eigenvalue weighted by atomic mass is 16.5. The highest BCUT2D eigenvalue weighted by Gasteiger charge is 2.32. The summed E-state index contributed by atoms with van der Waals surface area (Å²) in [5.74, 6) is 0.983. The van der Waals surface area contributed by atoms with Crippen molar-refractivity contribution in [3.63, 3.8) is 0 Å². The van der Waals surface area contributed by atoms with Gasteiger partial charge in [0.05, 0.1) is 12.1 Å². The normalized spacial score (nSPS) is 19.5.